The summed E-state index contributed by atoms with van der Waals surface area (Å²) in [6.45, 7) is 5.74. The molecule has 0 atom stereocenters. The monoisotopic (exact) mass is 266 g/mol. The highest BCUT2D eigenvalue weighted by Crippen LogP contribution is 2.26. The highest BCUT2D eigenvalue weighted by molar-refractivity contribution is 5.67. The number of rotatable bonds is 3. The number of hydrogen-bond acceptors (Lipinski definition) is 4. The number of amides is 1. The lowest BCUT2D eigenvalue weighted by atomic mass is 10.1. The number of anilines is 1. The van der Waals surface area contributed by atoms with E-state index in [1.807, 2.05) is 20.9 Å². The summed E-state index contributed by atoms with van der Waals surface area (Å²) in [5.74, 6) is 0.895. The van der Waals surface area contributed by atoms with E-state index in [9.17, 15) is 4.79 Å². The standard InChI is InChI=1S/C13H22N4O2/c1-4-19-13(18)16-7-5-11(6-8-16)17-9-10(2)15-12(17)14-3/h9,11H,4-8H2,1-3H3,(H,14,15). The summed E-state index contributed by atoms with van der Waals surface area (Å²) < 4.78 is 7.21. The Labute approximate surface area is 113 Å². The van der Waals surface area contributed by atoms with Crippen LogP contribution in [0.4, 0.5) is 10.7 Å². The van der Waals surface area contributed by atoms with Gasteiger partial charge in [0.05, 0.1) is 12.3 Å². The average molecular weight is 266 g/mol. The summed E-state index contributed by atoms with van der Waals surface area (Å²) in [5, 5.41) is 3.11. The fourth-order valence-corrected chi connectivity index (χ4v) is 2.52. The van der Waals surface area contributed by atoms with Crippen molar-refractivity contribution < 1.29 is 9.53 Å². The first kappa shape index (κ1) is 13.7. The smallest absolute Gasteiger partial charge is 0.409 e. The number of carbonyl (C=O) groups is 1. The van der Waals surface area contributed by atoms with Gasteiger partial charge in [0.2, 0.25) is 5.95 Å². The van der Waals surface area contributed by atoms with E-state index in [4.69, 9.17) is 4.74 Å². The van der Waals surface area contributed by atoms with Crippen LogP contribution >= 0.6 is 0 Å². The Morgan fingerprint density at radius 1 is 1.53 bits per heavy atom. The van der Waals surface area contributed by atoms with E-state index < -0.39 is 0 Å². The van der Waals surface area contributed by atoms with Gasteiger partial charge in [-0.3, -0.25) is 0 Å². The zero-order valence-electron chi connectivity index (χ0n) is 11.8. The summed E-state index contributed by atoms with van der Waals surface area (Å²) in [6.07, 6.45) is 3.74. The first-order chi connectivity index (χ1) is 9.15. The number of nitrogens with one attached hydrogen (secondary N) is 1. The van der Waals surface area contributed by atoms with Gasteiger partial charge in [-0.15, -0.1) is 0 Å². The number of piperidine rings is 1. The predicted octanol–water partition coefficient (Wildman–Crippen LogP) is 2.03. The van der Waals surface area contributed by atoms with Gasteiger partial charge in [-0.25, -0.2) is 9.78 Å². The molecule has 0 aromatic carbocycles. The van der Waals surface area contributed by atoms with E-state index in [-0.39, 0.29) is 6.09 Å². The van der Waals surface area contributed by atoms with Crippen LogP contribution in [-0.4, -0.2) is 47.3 Å². The van der Waals surface area contributed by atoms with E-state index in [0.29, 0.717) is 12.6 Å². The number of nitrogens with zero attached hydrogens (tertiary/aromatic N) is 3. The molecule has 1 aliphatic heterocycles. The van der Waals surface area contributed by atoms with Crippen molar-refractivity contribution in [2.24, 2.45) is 0 Å². The molecule has 1 saturated heterocycles. The van der Waals surface area contributed by atoms with Crippen molar-refractivity contribution in [3.63, 3.8) is 0 Å². The van der Waals surface area contributed by atoms with Crippen LogP contribution in [0.15, 0.2) is 6.20 Å². The topological polar surface area (TPSA) is 59.4 Å². The van der Waals surface area contributed by atoms with Gasteiger partial charge in [0, 0.05) is 32.4 Å². The minimum atomic E-state index is -0.198. The number of aryl methyl sites for hydroxylation is 1. The van der Waals surface area contributed by atoms with Gasteiger partial charge in [-0.1, -0.05) is 0 Å². The van der Waals surface area contributed by atoms with Crippen LogP contribution in [-0.2, 0) is 4.74 Å². The minimum absolute atomic E-state index is 0.198. The predicted molar refractivity (Wildman–Crippen MR) is 73.4 cm³/mol. The zero-order valence-corrected chi connectivity index (χ0v) is 11.8. The molecule has 1 aromatic heterocycles. The van der Waals surface area contributed by atoms with Gasteiger partial charge in [0.1, 0.15) is 0 Å². The Kier molecular flexibility index (Phi) is 4.29. The van der Waals surface area contributed by atoms with Gasteiger partial charge in [0.15, 0.2) is 0 Å². The molecule has 1 amide bonds. The molecule has 0 radical (unpaired) electrons. The van der Waals surface area contributed by atoms with Crippen LogP contribution in [0.5, 0.6) is 0 Å². The molecule has 1 aromatic rings. The van der Waals surface area contributed by atoms with Crippen LogP contribution in [0.3, 0.4) is 0 Å². The lowest BCUT2D eigenvalue weighted by molar-refractivity contribution is 0.0928. The van der Waals surface area contributed by atoms with Gasteiger partial charge in [-0.05, 0) is 26.7 Å². The number of likely N-dealkylation sites (tertiary alicyclic amines) is 1. The van der Waals surface area contributed by atoms with E-state index >= 15 is 0 Å². The van der Waals surface area contributed by atoms with Crippen LogP contribution in [0, 0.1) is 6.92 Å². The maximum Gasteiger partial charge on any atom is 0.409 e. The lowest BCUT2D eigenvalue weighted by Gasteiger charge is -2.32. The van der Waals surface area contributed by atoms with Crippen molar-refractivity contribution in [2.75, 3.05) is 32.1 Å². The largest absolute Gasteiger partial charge is 0.450 e. The Hall–Kier alpha value is -1.72. The number of aromatic nitrogens is 2. The van der Waals surface area contributed by atoms with E-state index in [0.717, 1.165) is 37.6 Å². The molecule has 6 nitrogen and oxygen atoms in total. The normalized spacial score (nSPS) is 16.5. The second-order valence-electron chi connectivity index (χ2n) is 4.78. The Morgan fingerprint density at radius 3 is 2.79 bits per heavy atom. The third-order valence-electron chi connectivity index (χ3n) is 3.46. The van der Waals surface area contributed by atoms with Gasteiger partial charge >= 0.3 is 6.09 Å². The quantitative estimate of drug-likeness (QED) is 0.909. The van der Waals surface area contributed by atoms with Crippen molar-refractivity contribution in [1.29, 1.82) is 0 Å². The van der Waals surface area contributed by atoms with Crippen LogP contribution < -0.4 is 5.32 Å². The molecular weight excluding hydrogens is 244 g/mol. The molecule has 0 saturated carbocycles. The van der Waals surface area contributed by atoms with Crippen molar-refractivity contribution in [1.82, 2.24) is 14.5 Å². The molecule has 6 heteroatoms. The second kappa shape index (κ2) is 5.95. The zero-order chi connectivity index (χ0) is 13.8. The molecule has 19 heavy (non-hydrogen) atoms. The van der Waals surface area contributed by atoms with Crippen LogP contribution in [0.25, 0.3) is 0 Å². The number of carbonyl (C=O) groups excluding carboxylic acids is 1. The SMILES string of the molecule is CCOC(=O)N1CCC(n2cc(C)nc2NC)CC1. The van der Waals surface area contributed by atoms with E-state index in [2.05, 4.69) is 21.1 Å². The first-order valence-electron chi connectivity index (χ1n) is 6.80. The highest BCUT2D eigenvalue weighted by Gasteiger charge is 2.25. The molecule has 1 fully saturated rings. The lowest BCUT2D eigenvalue weighted by Crippen LogP contribution is -2.39. The van der Waals surface area contributed by atoms with Crippen molar-refractivity contribution in [3.8, 4) is 0 Å². The number of hydrogen-bond donors (Lipinski definition) is 1. The third-order valence-corrected chi connectivity index (χ3v) is 3.46. The summed E-state index contributed by atoms with van der Waals surface area (Å²) in [4.78, 5) is 17.9. The molecule has 106 valence electrons. The van der Waals surface area contributed by atoms with Crippen molar-refractivity contribution >= 4 is 12.0 Å². The van der Waals surface area contributed by atoms with Gasteiger partial charge < -0.3 is 19.5 Å². The van der Waals surface area contributed by atoms with E-state index in [1.165, 1.54) is 0 Å². The fraction of sp³-hybridized carbons (Fsp3) is 0.692. The van der Waals surface area contributed by atoms with E-state index in [1.54, 1.807) is 4.90 Å². The molecule has 0 spiro atoms. The van der Waals surface area contributed by atoms with Gasteiger partial charge in [-0.2, -0.15) is 0 Å². The first-order valence-corrected chi connectivity index (χ1v) is 6.80. The molecule has 0 bridgehead atoms. The highest BCUT2D eigenvalue weighted by atomic mass is 16.6. The summed E-state index contributed by atoms with van der Waals surface area (Å²) >= 11 is 0. The molecule has 1 aliphatic rings. The molecule has 2 heterocycles. The molecule has 0 unspecified atom stereocenters. The third kappa shape index (κ3) is 3.00. The van der Waals surface area contributed by atoms with Gasteiger partial charge in [0.25, 0.3) is 0 Å². The minimum Gasteiger partial charge on any atom is -0.450 e. The Bertz CT molecular complexity index is 436. The molecule has 2 rings (SSSR count). The van der Waals surface area contributed by atoms with Crippen LogP contribution in [0.1, 0.15) is 31.5 Å². The summed E-state index contributed by atoms with van der Waals surface area (Å²) in [5.41, 5.74) is 1.01. The maximum absolute atomic E-state index is 11.6. The molecule has 0 aliphatic carbocycles. The summed E-state index contributed by atoms with van der Waals surface area (Å²) in [6, 6.07) is 0.398. The molecule has 1 N–H and O–H groups in total. The number of imidazole rings is 1. The fourth-order valence-electron chi connectivity index (χ4n) is 2.52. The average Bonchev–Trinajstić information content (AvgIpc) is 2.80. The number of ether oxygens (including phenoxy) is 1. The second-order valence-corrected chi connectivity index (χ2v) is 4.78. The van der Waals surface area contributed by atoms with Crippen molar-refractivity contribution in [3.05, 3.63) is 11.9 Å². The Morgan fingerprint density at radius 2 is 2.21 bits per heavy atom. The maximum atomic E-state index is 11.6. The van der Waals surface area contributed by atoms with Crippen molar-refractivity contribution in [2.45, 2.75) is 32.7 Å². The van der Waals surface area contributed by atoms with Crippen LogP contribution in [0.2, 0.25) is 0 Å². The molecular formula is C13H22N4O2. The summed E-state index contributed by atoms with van der Waals surface area (Å²) in [7, 11) is 1.88. The Balaban J connectivity index is 1.97.